The minimum atomic E-state index is -0.230. The number of methoxy groups -OCH3 is 1. The van der Waals surface area contributed by atoms with Crippen molar-refractivity contribution in [1.82, 2.24) is 5.32 Å². The van der Waals surface area contributed by atoms with Crippen molar-refractivity contribution in [3.63, 3.8) is 0 Å². The number of ether oxygens (including phenoxy) is 1. The molecule has 2 nitrogen and oxygen atoms in total. The van der Waals surface area contributed by atoms with E-state index in [0.29, 0.717) is 24.1 Å². The number of likely N-dealkylation sites (N-methyl/N-ethyl adjacent to an activating group) is 1. The van der Waals surface area contributed by atoms with Gasteiger partial charge in [-0.15, -0.1) is 0 Å². The molecule has 0 fully saturated rings. The highest BCUT2D eigenvalue weighted by atomic mass is 19.1. The zero-order chi connectivity index (χ0) is 13.5. The molecule has 1 unspecified atom stereocenters. The van der Waals surface area contributed by atoms with Crippen molar-refractivity contribution in [2.75, 3.05) is 14.2 Å². The van der Waals surface area contributed by atoms with E-state index < -0.39 is 0 Å². The van der Waals surface area contributed by atoms with Gasteiger partial charge in [0.05, 0.1) is 7.11 Å². The van der Waals surface area contributed by atoms with E-state index in [2.05, 4.69) is 19.2 Å². The third-order valence-electron chi connectivity index (χ3n) is 3.69. The Morgan fingerprint density at radius 3 is 2.44 bits per heavy atom. The van der Waals surface area contributed by atoms with Gasteiger partial charge < -0.3 is 10.1 Å². The Hall–Kier alpha value is -1.09. The highest BCUT2D eigenvalue weighted by Crippen LogP contribution is 2.24. The van der Waals surface area contributed by atoms with E-state index in [1.165, 1.54) is 7.11 Å². The molecular formula is C15H24FNO. The van der Waals surface area contributed by atoms with Crippen molar-refractivity contribution < 1.29 is 9.13 Å². The molecule has 102 valence electrons. The largest absolute Gasteiger partial charge is 0.494 e. The molecule has 0 aliphatic rings. The average molecular weight is 253 g/mol. The fourth-order valence-electron chi connectivity index (χ4n) is 2.47. The number of hydrogen-bond acceptors (Lipinski definition) is 2. The van der Waals surface area contributed by atoms with E-state index in [4.69, 9.17) is 4.74 Å². The normalized spacial score (nSPS) is 12.8. The summed E-state index contributed by atoms with van der Waals surface area (Å²) in [5, 5.41) is 3.31. The first-order valence-corrected chi connectivity index (χ1v) is 6.66. The Bertz CT molecular complexity index is 364. The molecule has 1 aromatic carbocycles. The summed E-state index contributed by atoms with van der Waals surface area (Å²) in [5.74, 6) is 0.665. The Morgan fingerprint density at radius 2 is 1.94 bits per heavy atom. The van der Waals surface area contributed by atoms with Crippen molar-refractivity contribution in [2.45, 2.75) is 39.2 Å². The summed E-state index contributed by atoms with van der Waals surface area (Å²) in [4.78, 5) is 0. The van der Waals surface area contributed by atoms with Gasteiger partial charge in [0.15, 0.2) is 11.6 Å². The summed E-state index contributed by atoms with van der Waals surface area (Å²) in [7, 11) is 3.44. The van der Waals surface area contributed by atoms with Crippen molar-refractivity contribution in [2.24, 2.45) is 5.92 Å². The van der Waals surface area contributed by atoms with E-state index in [1.807, 2.05) is 19.2 Å². The molecule has 0 bridgehead atoms. The average Bonchev–Trinajstić information content (AvgIpc) is 2.40. The number of benzene rings is 1. The molecule has 0 saturated carbocycles. The topological polar surface area (TPSA) is 21.3 Å². The lowest BCUT2D eigenvalue weighted by atomic mass is 9.89. The molecule has 0 aromatic heterocycles. The van der Waals surface area contributed by atoms with E-state index in [0.717, 1.165) is 18.4 Å². The molecule has 0 radical (unpaired) electrons. The molecule has 0 aliphatic carbocycles. The van der Waals surface area contributed by atoms with Gasteiger partial charge in [-0.3, -0.25) is 0 Å². The van der Waals surface area contributed by atoms with E-state index in [9.17, 15) is 4.39 Å². The molecule has 1 rings (SSSR count). The standard InChI is InChI=1S/C15H24FNO/c1-5-11(6-2)13(17-3)10-12-8-7-9-14(18-4)15(12)16/h7-9,11,13,17H,5-6,10H2,1-4H3. The zero-order valence-corrected chi connectivity index (χ0v) is 11.8. The summed E-state index contributed by atoms with van der Waals surface area (Å²) in [5.41, 5.74) is 0.723. The van der Waals surface area contributed by atoms with Crippen LogP contribution in [-0.4, -0.2) is 20.2 Å². The predicted octanol–water partition coefficient (Wildman–Crippen LogP) is 3.40. The Kier molecular flexibility index (Phi) is 6.13. The van der Waals surface area contributed by atoms with Gasteiger partial charge in [-0.1, -0.05) is 38.8 Å². The van der Waals surface area contributed by atoms with Crippen LogP contribution in [-0.2, 0) is 6.42 Å². The van der Waals surface area contributed by atoms with Gasteiger partial charge in [-0.2, -0.15) is 0 Å². The first-order valence-electron chi connectivity index (χ1n) is 6.66. The monoisotopic (exact) mass is 253 g/mol. The maximum atomic E-state index is 14.1. The van der Waals surface area contributed by atoms with Gasteiger partial charge in [-0.25, -0.2) is 4.39 Å². The van der Waals surface area contributed by atoms with Crippen LogP contribution in [0.3, 0.4) is 0 Å². The Morgan fingerprint density at radius 1 is 1.28 bits per heavy atom. The minimum absolute atomic E-state index is 0.230. The molecule has 1 N–H and O–H groups in total. The van der Waals surface area contributed by atoms with Crippen LogP contribution >= 0.6 is 0 Å². The second-order valence-corrected chi connectivity index (χ2v) is 4.61. The first-order chi connectivity index (χ1) is 8.67. The lowest BCUT2D eigenvalue weighted by Gasteiger charge is -2.25. The Labute approximate surface area is 110 Å². The number of halogens is 1. The van der Waals surface area contributed by atoms with Crippen LogP contribution in [0.4, 0.5) is 4.39 Å². The van der Waals surface area contributed by atoms with Crippen LogP contribution in [0, 0.1) is 11.7 Å². The minimum Gasteiger partial charge on any atom is -0.494 e. The highest BCUT2D eigenvalue weighted by molar-refractivity contribution is 5.31. The summed E-state index contributed by atoms with van der Waals surface area (Å²) in [6, 6.07) is 5.65. The van der Waals surface area contributed by atoms with E-state index in [1.54, 1.807) is 6.07 Å². The quantitative estimate of drug-likeness (QED) is 0.804. The zero-order valence-electron chi connectivity index (χ0n) is 11.8. The van der Waals surface area contributed by atoms with Crippen molar-refractivity contribution in [1.29, 1.82) is 0 Å². The van der Waals surface area contributed by atoms with Crippen LogP contribution in [0.5, 0.6) is 5.75 Å². The van der Waals surface area contributed by atoms with Crippen LogP contribution in [0.2, 0.25) is 0 Å². The van der Waals surface area contributed by atoms with Crippen LogP contribution in [0.1, 0.15) is 32.3 Å². The lowest BCUT2D eigenvalue weighted by Crippen LogP contribution is -2.35. The third kappa shape index (κ3) is 3.45. The van der Waals surface area contributed by atoms with Gasteiger partial charge >= 0.3 is 0 Å². The molecule has 0 aliphatic heterocycles. The predicted molar refractivity (Wildman–Crippen MR) is 73.6 cm³/mol. The van der Waals surface area contributed by atoms with E-state index in [-0.39, 0.29) is 5.82 Å². The lowest BCUT2D eigenvalue weighted by molar-refractivity contribution is 0.342. The van der Waals surface area contributed by atoms with Gasteiger partial charge in [0.2, 0.25) is 0 Å². The number of hydrogen-bond donors (Lipinski definition) is 1. The van der Waals surface area contributed by atoms with Crippen molar-refractivity contribution in [3.05, 3.63) is 29.6 Å². The summed E-state index contributed by atoms with van der Waals surface area (Å²) in [6.07, 6.45) is 2.91. The fraction of sp³-hybridized carbons (Fsp3) is 0.600. The number of nitrogens with one attached hydrogen (secondary N) is 1. The van der Waals surface area contributed by atoms with Crippen LogP contribution in [0.15, 0.2) is 18.2 Å². The van der Waals surface area contributed by atoms with Gasteiger partial charge in [0.25, 0.3) is 0 Å². The maximum Gasteiger partial charge on any atom is 0.168 e. The maximum absolute atomic E-state index is 14.1. The van der Waals surface area contributed by atoms with Gasteiger partial charge in [-0.05, 0) is 31.0 Å². The SMILES string of the molecule is CCC(CC)C(Cc1cccc(OC)c1F)NC. The smallest absolute Gasteiger partial charge is 0.168 e. The molecule has 1 atom stereocenters. The van der Waals surface area contributed by atoms with E-state index >= 15 is 0 Å². The van der Waals surface area contributed by atoms with Crippen LogP contribution < -0.4 is 10.1 Å². The third-order valence-corrected chi connectivity index (χ3v) is 3.69. The summed E-state index contributed by atoms with van der Waals surface area (Å²) in [6.45, 7) is 4.36. The molecule has 0 saturated heterocycles. The second kappa shape index (κ2) is 7.37. The summed E-state index contributed by atoms with van der Waals surface area (Å²) < 4.78 is 19.1. The van der Waals surface area contributed by atoms with Gasteiger partial charge in [0.1, 0.15) is 0 Å². The van der Waals surface area contributed by atoms with Crippen molar-refractivity contribution in [3.8, 4) is 5.75 Å². The Balaban J connectivity index is 2.88. The second-order valence-electron chi connectivity index (χ2n) is 4.61. The van der Waals surface area contributed by atoms with Crippen LogP contribution in [0.25, 0.3) is 0 Å². The van der Waals surface area contributed by atoms with Gasteiger partial charge in [0, 0.05) is 6.04 Å². The molecular weight excluding hydrogens is 229 g/mol. The van der Waals surface area contributed by atoms with Crippen molar-refractivity contribution >= 4 is 0 Å². The molecule has 0 spiro atoms. The molecule has 0 heterocycles. The molecule has 1 aromatic rings. The molecule has 0 amide bonds. The summed E-state index contributed by atoms with van der Waals surface area (Å²) >= 11 is 0. The first kappa shape index (κ1) is 15.0. The fourth-order valence-corrected chi connectivity index (χ4v) is 2.47. The molecule has 18 heavy (non-hydrogen) atoms. The molecule has 3 heteroatoms. The highest BCUT2D eigenvalue weighted by Gasteiger charge is 2.19. The number of rotatable bonds is 7.